The van der Waals surface area contributed by atoms with Crippen molar-refractivity contribution in [3.8, 4) is 5.75 Å². The fourth-order valence-electron chi connectivity index (χ4n) is 2.84. The topological polar surface area (TPSA) is 24.5 Å². The Labute approximate surface area is 141 Å². The average Bonchev–Trinajstić information content (AvgIpc) is 2.87. The highest BCUT2D eigenvalue weighted by Gasteiger charge is 2.21. The molecule has 1 unspecified atom stereocenters. The fourth-order valence-corrected chi connectivity index (χ4v) is 2.84. The van der Waals surface area contributed by atoms with E-state index in [9.17, 15) is 0 Å². The molecule has 0 radical (unpaired) electrons. The van der Waals surface area contributed by atoms with Crippen LogP contribution in [0.2, 0.25) is 0 Å². The van der Waals surface area contributed by atoms with E-state index in [1.54, 1.807) is 0 Å². The van der Waals surface area contributed by atoms with E-state index in [0.717, 1.165) is 31.5 Å². The average molecular weight is 335 g/mol. The van der Waals surface area contributed by atoms with Crippen molar-refractivity contribution in [1.29, 1.82) is 0 Å². The van der Waals surface area contributed by atoms with Gasteiger partial charge in [0.2, 0.25) is 0 Å². The lowest BCUT2D eigenvalue weighted by molar-refractivity contribution is 0.260. The number of hydrogen-bond donors (Lipinski definition) is 1. The van der Waals surface area contributed by atoms with Crippen LogP contribution in [0.4, 0.5) is 0 Å². The van der Waals surface area contributed by atoms with Crippen LogP contribution in [0.25, 0.3) is 0 Å². The van der Waals surface area contributed by atoms with Crippen molar-refractivity contribution in [2.45, 2.75) is 39.3 Å². The molecule has 5 heteroatoms. The van der Waals surface area contributed by atoms with Gasteiger partial charge in [0.1, 0.15) is 5.75 Å². The molecular formula is C16H28Cl2N2O. The van der Waals surface area contributed by atoms with Crippen LogP contribution in [-0.4, -0.2) is 37.2 Å². The monoisotopic (exact) mass is 334 g/mol. The lowest BCUT2D eigenvalue weighted by atomic mass is 10.2. The first-order chi connectivity index (χ1) is 9.33. The van der Waals surface area contributed by atoms with Crippen LogP contribution in [0.3, 0.4) is 0 Å². The largest absolute Gasteiger partial charge is 0.494 e. The van der Waals surface area contributed by atoms with Gasteiger partial charge in [0, 0.05) is 19.1 Å². The maximum Gasteiger partial charge on any atom is 0.119 e. The molecule has 1 aliphatic heterocycles. The van der Waals surface area contributed by atoms with Crippen LogP contribution in [0, 0.1) is 0 Å². The molecule has 1 atom stereocenters. The number of hydrogen-bond acceptors (Lipinski definition) is 3. The van der Waals surface area contributed by atoms with E-state index in [1.807, 2.05) is 13.0 Å². The first-order valence-electron chi connectivity index (χ1n) is 7.50. The number of rotatable bonds is 7. The summed E-state index contributed by atoms with van der Waals surface area (Å²) in [6.45, 7) is 9.45. The minimum Gasteiger partial charge on any atom is -0.494 e. The Morgan fingerprint density at radius 2 is 2.10 bits per heavy atom. The summed E-state index contributed by atoms with van der Waals surface area (Å²) in [6.07, 6.45) is 2.68. The molecule has 0 bridgehead atoms. The quantitative estimate of drug-likeness (QED) is 0.825. The van der Waals surface area contributed by atoms with E-state index in [4.69, 9.17) is 4.74 Å². The van der Waals surface area contributed by atoms with Crippen molar-refractivity contribution in [3.05, 3.63) is 29.8 Å². The van der Waals surface area contributed by atoms with Crippen molar-refractivity contribution in [2.24, 2.45) is 0 Å². The van der Waals surface area contributed by atoms with Gasteiger partial charge in [-0.1, -0.05) is 19.1 Å². The standard InChI is InChI=1S/C16H26N2O.2ClH/c1-3-18-10-6-8-15(18)13-17-12-14-7-5-9-16(11-14)19-4-2;;/h5,7,9,11,15,17H,3-4,6,8,10,12-13H2,1-2H3;2*1H. The SMILES string of the molecule is CCOc1cccc(CNCC2CCCN2CC)c1.Cl.Cl. The van der Waals surface area contributed by atoms with E-state index in [-0.39, 0.29) is 24.8 Å². The number of halogens is 2. The highest BCUT2D eigenvalue weighted by molar-refractivity contribution is 5.85. The van der Waals surface area contributed by atoms with Crippen LogP contribution in [0.1, 0.15) is 32.3 Å². The Balaban J connectivity index is 0.00000200. The third-order valence-corrected chi connectivity index (χ3v) is 3.82. The molecule has 21 heavy (non-hydrogen) atoms. The van der Waals surface area contributed by atoms with Gasteiger partial charge >= 0.3 is 0 Å². The summed E-state index contributed by atoms with van der Waals surface area (Å²) in [4.78, 5) is 2.57. The molecule has 0 spiro atoms. The number of nitrogens with one attached hydrogen (secondary N) is 1. The highest BCUT2D eigenvalue weighted by Crippen LogP contribution is 2.16. The number of nitrogens with zero attached hydrogens (tertiary/aromatic N) is 1. The molecule has 1 aliphatic rings. The van der Waals surface area contributed by atoms with Crippen molar-refractivity contribution in [3.63, 3.8) is 0 Å². The van der Waals surface area contributed by atoms with Crippen LogP contribution in [0.5, 0.6) is 5.75 Å². The van der Waals surface area contributed by atoms with Gasteiger partial charge in [-0.2, -0.15) is 0 Å². The summed E-state index contributed by atoms with van der Waals surface area (Å²) in [5, 5.41) is 3.58. The Hall–Kier alpha value is -0.480. The number of ether oxygens (including phenoxy) is 1. The number of benzene rings is 1. The molecule has 1 heterocycles. The smallest absolute Gasteiger partial charge is 0.119 e. The van der Waals surface area contributed by atoms with Crippen LogP contribution < -0.4 is 10.1 Å². The lowest BCUT2D eigenvalue weighted by Crippen LogP contribution is -2.37. The summed E-state index contributed by atoms with van der Waals surface area (Å²) in [5.41, 5.74) is 1.30. The summed E-state index contributed by atoms with van der Waals surface area (Å²) in [7, 11) is 0. The zero-order chi connectivity index (χ0) is 13.5. The minimum atomic E-state index is 0. The molecule has 0 amide bonds. The first kappa shape index (κ1) is 20.5. The normalized spacial score (nSPS) is 17.9. The second kappa shape index (κ2) is 11.1. The Kier molecular flexibility index (Phi) is 10.9. The van der Waals surface area contributed by atoms with Gasteiger partial charge < -0.3 is 10.1 Å². The molecule has 1 saturated heterocycles. The van der Waals surface area contributed by atoms with Crippen LogP contribution >= 0.6 is 24.8 Å². The molecule has 2 rings (SSSR count). The van der Waals surface area contributed by atoms with Gasteiger partial charge in [0.05, 0.1) is 6.61 Å². The summed E-state index contributed by atoms with van der Waals surface area (Å²) >= 11 is 0. The fraction of sp³-hybridized carbons (Fsp3) is 0.625. The third-order valence-electron chi connectivity index (χ3n) is 3.82. The van der Waals surface area contributed by atoms with Crippen molar-refractivity contribution in [1.82, 2.24) is 10.2 Å². The van der Waals surface area contributed by atoms with E-state index in [0.29, 0.717) is 0 Å². The Morgan fingerprint density at radius 3 is 2.81 bits per heavy atom. The predicted molar refractivity (Wildman–Crippen MR) is 94.1 cm³/mol. The number of likely N-dealkylation sites (tertiary alicyclic amines) is 1. The Morgan fingerprint density at radius 1 is 1.29 bits per heavy atom. The van der Waals surface area contributed by atoms with Crippen LogP contribution in [-0.2, 0) is 6.54 Å². The molecular weight excluding hydrogens is 307 g/mol. The molecule has 1 fully saturated rings. The first-order valence-corrected chi connectivity index (χ1v) is 7.50. The molecule has 0 aromatic heterocycles. The van der Waals surface area contributed by atoms with Gasteiger partial charge in [-0.25, -0.2) is 0 Å². The molecule has 0 aliphatic carbocycles. The van der Waals surface area contributed by atoms with Crippen molar-refractivity contribution in [2.75, 3.05) is 26.2 Å². The number of likely N-dealkylation sites (N-methyl/N-ethyl adjacent to an activating group) is 1. The Bertz CT molecular complexity index is 390. The minimum absolute atomic E-state index is 0. The summed E-state index contributed by atoms with van der Waals surface area (Å²) < 4.78 is 5.52. The molecule has 1 aromatic carbocycles. The maximum atomic E-state index is 5.52. The maximum absolute atomic E-state index is 5.52. The van der Waals surface area contributed by atoms with E-state index in [1.165, 1.54) is 31.5 Å². The summed E-state index contributed by atoms with van der Waals surface area (Å²) in [6, 6.07) is 9.09. The van der Waals surface area contributed by atoms with E-state index in [2.05, 4.69) is 35.3 Å². The molecule has 1 aromatic rings. The second-order valence-corrected chi connectivity index (χ2v) is 5.14. The van der Waals surface area contributed by atoms with Crippen molar-refractivity contribution >= 4 is 24.8 Å². The van der Waals surface area contributed by atoms with Crippen LogP contribution in [0.15, 0.2) is 24.3 Å². The predicted octanol–water partition coefficient (Wildman–Crippen LogP) is 3.50. The lowest BCUT2D eigenvalue weighted by Gasteiger charge is -2.23. The van der Waals surface area contributed by atoms with Gasteiger partial charge in [0.15, 0.2) is 0 Å². The zero-order valence-corrected chi connectivity index (χ0v) is 14.6. The third kappa shape index (κ3) is 6.43. The van der Waals surface area contributed by atoms with E-state index >= 15 is 0 Å². The van der Waals surface area contributed by atoms with Gasteiger partial charge in [-0.05, 0) is 50.6 Å². The van der Waals surface area contributed by atoms with Gasteiger partial charge in [-0.3, -0.25) is 4.90 Å². The summed E-state index contributed by atoms with van der Waals surface area (Å²) in [5.74, 6) is 0.970. The highest BCUT2D eigenvalue weighted by atomic mass is 35.5. The van der Waals surface area contributed by atoms with Gasteiger partial charge in [0.25, 0.3) is 0 Å². The molecule has 122 valence electrons. The second-order valence-electron chi connectivity index (χ2n) is 5.14. The molecule has 3 nitrogen and oxygen atoms in total. The zero-order valence-electron chi connectivity index (χ0n) is 13.0. The van der Waals surface area contributed by atoms with Gasteiger partial charge in [-0.15, -0.1) is 24.8 Å². The molecule has 0 saturated carbocycles. The van der Waals surface area contributed by atoms with E-state index < -0.39 is 0 Å². The molecule has 1 N–H and O–H groups in total. The van der Waals surface area contributed by atoms with Crippen molar-refractivity contribution < 1.29 is 4.74 Å².